The molecular weight excluding hydrogens is 270 g/mol. The van der Waals surface area contributed by atoms with Gasteiger partial charge in [-0.25, -0.2) is 4.79 Å². The van der Waals surface area contributed by atoms with Gasteiger partial charge in [0.1, 0.15) is 17.4 Å². The first-order valence-corrected chi connectivity index (χ1v) is 6.63. The molecule has 0 aromatic heterocycles. The maximum absolute atomic E-state index is 12.5. The van der Waals surface area contributed by atoms with E-state index in [0.29, 0.717) is 16.9 Å². The third-order valence-corrected chi connectivity index (χ3v) is 3.64. The van der Waals surface area contributed by atoms with E-state index in [1.807, 2.05) is 31.2 Å². The molecule has 0 fully saturated rings. The van der Waals surface area contributed by atoms with Gasteiger partial charge in [0.2, 0.25) is 0 Å². The van der Waals surface area contributed by atoms with Crippen LogP contribution in [0, 0.1) is 0 Å². The van der Waals surface area contributed by atoms with Gasteiger partial charge in [-0.3, -0.25) is 4.79 Å². The second-order valence-corrected chi connectivity index (χ2v) is 4.98. The van der Waals surface area contributed by atoms with Crippen molar-refractivity contribution in [1.29, 1.82) is 0 Å². The number of carbonyl (C=O) groups excluding carboxylic acids is 2. The Bertz CT molecular complexity index is 702. The number of anilines is 1. The fourth-order valence-electron chi connectivity index (χ4n) is 2.65. The summed E-state index contributed by atoms with van der Waals surface area (Å²) in [6, 6.07) is 7.43. The fraction of sp³-hybridized carbons (Fsp3) is 0.250. The molecule has 2 aliphatic heterocycles. The smallest absolute Gasteiger partial charge is 0.341 e. The van der Waals surface area contributed by atoms with Crippen molar-refractivity contribution in [2.45, 2.75) is 13.0 Å². The molecule has 108 valence electrons. The van der Waals surface area contributed by atoms with E-state index in [9.17, 15) is 9.59 Å². The number of nitrogens with zero attached hydrogens (tertiary/aromatic N) is 1. The van der Waals surface area contributed by atoms with Crippen LogP contribution in [0.4, 0.5) is 5.69 Å². The largest absolute Gasteiger partial charge is 0.485 e. The van der Waals surface area contributed by atoms with E-state index in [0.717, 1.165) is 11.3 Å². The first kappa shape index (κ1) is 13.4. The second kappa shape index (κ2) is 4.77. The summed E-state index contributed by atoms with van der Waals surface area (Å²) in [7, 11) is 3.01. The normalized spacial score (nSPS) is 23.8. The Kier molecular flexibility index (Phi) is 3.05. The lowest BCUT2D eigenvalue weighted by Crippen LogP contribution is -2.21. The zero-order valence-corrected chi connectivity index (χ0v) is 12.0. The summed E-state index contributed by atoms with van der Waals surface area (Å²) in [6.07, 6.45) is 1.40. The molecule has 1 atom stereocenters. The highest BCUT2D eigenvalue weighted by Gasteiger charge is 2.38. The number of rotatable bonds is 1. The molecule has 0 bridgehead atoms. The highest BCUT2D eigenvalue weighted by molar-refractivity contribution is 6.34. The summed E-state index contributed by atoms with van der Waals surface area (Å²) in [5.74, 6) is -0.382. The van der Waals surface area contributed by atoms with Crippen molar-refractivity contribution >= 4 is 23.1 Å². The van der Waals surface area contributed by atoms with Crippen molar-refractivity contribution in [3.63, 3.8) is 0 Å². The molecule has 0 spiro atoms. The van der Waals surface area contributed by atoms with Gasteiger partial charge in [-0.15, -0.1) is 0 Å². The number of methoxy groups -OCH3 is 1. The van der Waals surface area contributed by atoms with Crippen LogP contribution < -0.4 is 4.90 Å². The Labute approximate surface area is 122 Å². The Balaban J connectivity index is 2.21. The highest BCUT2D eigenvalue weighted by atomic mass is 16.5. The molecule has 5 heteroatoms. The van der Waals surface area contributed by atoms with E-state index in [1.54, 1.807) is 18.0 Å². The Morgan fingerprint density at radius 3 is 2.76 bits per heavy atom. The molecule has 1 amide bonds. The van der Waals surface area contributed by atoms with Gasteiger partial charge in [0.25, 0.3) is 5.91 Å². The van der Waals surface area contributed by atoms with Crippen LogP contribution in [-0.4, -0.2) is 32.1 Å². The first-order chi connectivity index (χ1) is 10.0. The number of carbonyl (C=O) groups is 2. The average molecular weight is 285 g/mol. The highest BCUT2D eigenvalue weighted by Crippen LogP contribution is 2.41. The summed E-state index contributed by atoms with van der Waals surface area (Å²) in [5, 5.41) is 0. The van der Waals surface area contributed by atoms with Gasteiger partial charge in [0.15, 0.2) is 0 Å². The monoisotopic (exact) mass is 285 g/mol. The van der Waals surface area contributed by atoms with E-state index in [-0.39, 0.29) is 12.0 Å². The van der Waals surface area contributed by atoms with Crippen LogP contribution in [-0.2, 0) is 19.1 Å². The van der Waals surface area contributed by atoms with Gasteiger partial charge in [0, 0.05) is 12.6 Å². The molecule has 0 radical (unpaired) electrons. The molecule has 0 saturated heterocycles. The topological polar surface area (TPSA) is 55.8 Å². The average Bonchev–Trinajstić information content (AvgIpc) is 2.98. The maximum atomic E-state index is 12.5. The molecular formula is C16H15NO4. The van der Waals surface area contributed by atoms with Gasteiger partial charge in [-0.2, -0.15) is 0 Å². The molecule has 1 aromatic rings. The summed E-state index contributed by atoms with van der Waals surface area (Å²) < 4.78 is 10.5. The van der Waals surface area contributed by atoms with E-state index < -0.39 is 5.97 Å². The minimum atomic E-state index is -0.498. The van der Waals surface area contributed by atoms with Gasteiger partial charge >= 0.3 is 5.97 Å². The van der Waals surface area contributed by atoms with E-state index in [2.05, 4.69) is 0 Å². The number of fused-ring (bicyclic) bond motifs is 1. The molecule has 2 aliphatic rings. The molecule has 1 unspecified atom stereocenters. The number of amides is 1. The van der Waals surface area contributed by atoms with E-state index in [4.69, 9.17) is 9.47 Å². The quantitative estimate of drug-likeness (QED) is 0.584. The number of likely N-dealkylation sites (N-methyl/N-ethyl adjacent to an activating group) is 1. The van der Waals surface area contributed by atoms with Crippen LogP contribution in [0.1, 0.15) is 12.5 Å². The SMILES string of the molecule is COC(=O)C1=CC(C)O/C1=C1/C(=O)N(C)c2ccccc21. The summed E-state index contributed by atoms with van der Waals surface area (Å²) in [5.41, 5.74) is 2.29. The minimum absolute atomic E-state index is 0.185. The van der Waals surface area contributed by atoms with Crippen LogP contribution in [0.2, 0.25) is 0 Å². The number of hydrogen-bond donors (Lipinski definition) is 0. The van der Waals surface area contributed by atoms with Crippen molar-refractivity contribution < 1.29 is 19.1 Å². The van der Waals surface area contributed by atoms with Crippen LogP contribution in [0.3, 0.4) is 0 Å². The fourth-order valence-corrected chi connectivity index (χ4v) is 2.65. The summed E-state index contributed by atoms with van der Waals surface area (Å²) >= 11 is 0. The predicted octanol–water partition coefficient (Wildman–Crippen LogP) is 1.89. The molecule has 21 heavy (non-hydrogen) atoms. The molecule has 0 aliphatic carbocycles. The lowest BCUT2D eigenvalue weighted by molar-refractivity contribution is -0.135. The Morgan fingerprint density at radius 1 is 1.33 bits per heavy atom. The number of ether oxygens (including phenoxy) is 2. The molecule has 1 aromatic carbocycles. The van der Waals surface area contributed by atoms with Crippen LogP contribution in [0.5, 0.6) is 0 Å². The van der Waals surface area contributed by atoms with Crippen molar-refractivity contribution in [3.05, 3.63) is 47.2 Å². The zero-order valence-electron chi connectivity index (χ0n) is 12.0. The van der Waals surface area contributed by atoms with Crippen LogP contribution >= 0.6 is 0 Å². The van der Waals surface area contributed by atoms with E-state index in [1.165, 1.54) is 7.11 Å². The van der Waals surface area contributed by atoms with Gasteiger partial charge in [-0.1, -0.05) is 18.2 Å². The lowest BCUT2D eigenvalue weighted by atomic mass is 10.0. The second-order valence-electron chi connectivity index (χ2n) is 4.98. The van der Waals surface area contributed by atoms with E-state index >= 15 is 0 Å². The Hall–Kier alpha value is -2.56. The molecule has 5 nitrogen and oxygen atoms in total. The van der Waals surface area contributed by atoms with Crippen LogP contribution in [0.25, 0.3) is 5.57 Å². The number of hydrogen-bond acceptors (Lipinski definition) is 4. The van der Waals surface area contributed by atoms with Crippen molar-refractivity contribution in [2.24, 2.45) is 0 Å². The van der Waals surface area contributed by atoms with Gasteiger partial charge in [-0.05, 0) is 19.1 Å². The molecule has 2 heterocycles. The van der Waals surface area contributed by atoms with Gasteiger partial charge in [0.05, 0.1) is 18.4 Å². The third-order valence-electron chi connectivity index (χ3n) is 3.64. The van der Waals surface area contributed by atoms with Crippen molar-refractivity contribution in [3.8, 4) is 0 Å². The predicted molar refractivity (Wildman–Crippen MR) is 77.4 cm³/mol. The van der Waals surface area contributed by atoms with Crippen molar-refractivity contribution in [2.75, 3.05) is 19.1 Å². The van der Waals surface area contributed by atoms with Crippen LogP contribution in [0.15, 0.2) is 41.7 Å². The standard InChI is InChI=1S/C16H15NO4/c1-9-8-11(16(19)20-3)14(21-9)13-10-6-4-5-7-12(10)17(2)15(13)18/h4-9H,1-3H3/b14-13+. The van der Waals surface area contributed by atoms with Gasteiger partial charge < -0.3 is 14.4 Å². The summed E-state index contributed by atoms with van der Waals surface area (Å²) in [6.45, 7) is 1.81. The number of benzene rings is 1. The lowest BCUT2D eigenvalue weighted by Gasteiger charge is -2.10. The number of para-hydroxylation sites is 1. The van der Waals surface area contributed by atoms with Crippen molar-refractivity contribution in [1.82, 2.24) is 0 Å². The number of esters is 1. The Morgan fingerprint density at radius 2 is 2.05 bits per heavy atom. The third kappa shape index (κ3) is 1.93. The molecule has 3 rings (SSSR count). The molecule has 0 saturated carbocycles. The summed E-state index contributed by atoms with van der Waals surface area (Å²) in [4.78, 5) is 26.0. The zero-order chi connectivity index (χ0) is 15.1. The maximum Gasteiger partial charge on any atom is 0.341 e. The first-order valence-electron chi connectivity index (χ1n) is 6.63. The minimum Gasteiger partial charge on any atom is -0.485 e. The molecule has 0 N–H and O–H groups in total.